The van der Waals surface area contributed by atoms with Gasteiger partial charge in [0.05, 0.1) is 6.42 Å². The van der Waals surface area contributed by atoms with Gasteiger partial charge >= 0.3 is 6.18 Å². The van der Waals surface area contributed by atoms with Crippen molar-refractivity contribution in [3.8, 4) is 5.75 Å². The zero-order valence-corrected chi connectivity index (χ0v) is 11.4. The zero-order chi connectivity index (χ0) is 16.4. The molecule has 1 amide bonds. The molecular formula is C14H14F5NO2. The summed E-state index contributed by atoms with van der Waals surface area (Å²) in [6.07, 6.45) is -6.82. The molecule has 22 heavy (non-hydrogen) atoms. The third kappa shape index (κ3) is 4.57. The molecule has 0 atom stereocenters. The molecule has 0 aliphatic heterocycles. The van der Waals surface area contributed by atoms with Crippen LogP contribution in [-0.4, -0.2) is 30.7 Å². The molecule has 0 radical (unpaired) electrons. The predicted octanol–water partition coefficient (Wildman–Crippen LogP) is 3.08. The second-order valence-electron chi connectivity index (χ2n) is 5.23. The number of benzene rings is 1. The van der Waals surface area contributed by atoms with Crippen LogP contribution in [0.5, 0.6) is 5.75 Å². The van der Waals surface area contributed by atoms with Gasteiger partial charge in [-0.1, -0.05) is 12.1 Å². The third-order valence-corrected chi connectivity index (χ3v) is 3.26. The zero-order valence-electron chi connectivity index (χ0n) is 11.4. The summed E-state index contributed by atoms with van der Waals surface area (Å²) in [7, 11) is 0. The summed E-state index contributed by atoms with van der Waals surface area (Å²) < 4.78 is 66.2. The van der Waals surface area contributed by atoms with E-state index in [2.05, 4.69) is 10.1 Å². The highest BCUT2D eigenvalue weighted by atomic mass is 19.4. The molecule has 0 spiro atoms. The van der Waals surface area contributed by atoms with Crippen molar-refractivity contribution in [1.82, 2.24) is 5.32 Å². The molecular weight excluding hydrogens is 309 g/mol. The SMILES string of the molecule is O=C(Cc1cccc(OCC(F)(F)F)c1)NC1(C(F)F)CC1. The molecule has 1 aromatic carbocycles. The monoisotopic (exact) mass is 323 g/mol. The van der Waals surface area contributed by atoms with Crippen LogP contribution in [0, 0.1) is 0 Å². The molecule has 1 N–H and O–H groups in total. The van der Waals surface area contributed by atoms with E-state index >= 15 is 0 Å². The van der Waals surface area contributed by atoms with Gasteiger partial charge in [0.25, 0.3) is 6.43 Å². The maximum absolute atomic E-state index is 12.7. The van der Waals surface area contributed by atoms with E-state index in [0.717, 1.165) is 0 Å². The molecule has 1 aliphatic carbocycles. The fourth-order valence-electron chi connectivity index (χ4n) is 1.95. The van der Waals surface area contributed by atoms with E-state index in [0.29, 0.717) is 5.56 Å². The van der Waals surface area contributed by atoms with Crippen LogP contribution in [0.4, 0.5) is 22.0 Å². The Morgan fingerprint density at radius 1 is 1.32 bits per heavy atom. The first-order chi connectivity index (χ1) is 10.2. The molecule has 0 unspecified atom stereocenters. The minimum atomic E-state index is -4.46. The van der Waals surface area contributed by atoms with Crippen molar-refractivity contribution >= 4 is 5.91 Å². The number of nitrogens with one attached hydrogen (secondary N) is 1. The number of halogens is 5. The van der Waals surface area contributed by atoms with Crippen LogP contribution in [-0.2, 0) is 11.2 Å². The van der Waals surface area contributed by atoms with Gasteiger partial charge in [-0.2, -0.15) is 13.2 Å². The van der Waals surface area contributed by atoms with Crippen molar-refractivity contribution in [2.75, 3.05) is 6.61 Å². The Kier molecular flexibility index (Phi) is 4.58. The lowest BCUT2D eigenvalue weighted by Crippen LogP contribution is -2.42. The molecule has 1 saturated carbocycles. The number of amides is 1. The fraction of sp³-hybridized carbons (Fsp3) is 0.500. The van der Waals surface area contributed by atoms with E-state index < -0.39 is 30.7 Å². The van der Waals surface area contributed by atoms with Gasteiger partial charge in [-0.15, -0.1) is 0 Å². The van der Waals surface area contributed by atoms with Crippen LogP contribution in [0.3, 0.4) is 0 Å². The lowest BCUT2D eigenvalue weighted by molar-refractivity contribution is -0.153. The molecule has 122 valence electrons. The molecule has 1 aliphatic rings. The minimum Gasteiger partial charge on any atom is -0.484 e. The third-order valence-electron chi connectivity index (χ3n) is 3.26. The van der Waals surface area contributed by atoms with Crippen molar-refractivity contribution in [2.24, 2.45) is 0 Å². The summed E-state index contributed by atoms with van der Waals surface area (Å²) in [4.78, 5) is 11.7. The van der Waals surface area contributed by atoms with Gasteiger partial charge in [-0.25, -0.2) is 8.78 Å². The van der Waals surface area contributed by atoms with E-state index in [1.165, 1.54) is 24.3 Å². The van der Waals surface area contributed by atoms with Gasteiger partial charge in [0.1, 0.15) is 11.3 Å². The topological polar surface area (TPSA) is 38.3 Å². The van der Waals surface area contributed by atoms with Gasteiger partial charge in [0.15, 0.2) is 6.61 Å². The van der Waals surface area contributed by atoms with Crippen LogP contribution in [0.2, 0.25) is 0 Å². The highest BCUT2D eigenvalue weighted by Crippen LogP contribution is 2.41. The highest BCUT2D eigenvalue weighted by molar-refractivity contribution is 5.80. The normalized spacial score (nSPS) is 16.5. The van der Waals surface area contributed by atoms with E-state index in [-0.39, 0.29) is 25.0 Å². The van der Waals surface area contributed by atoms with Crippen molar-refractivity contribution in [2.45, 2.75) is 37.4 Å². The second-order valence-corrected chi connectivity index (χ2v) is 5.23. The van der Waals surface area contributed by atoms with E-state index in [4.69, 9.17) is 0 Å². The van der Waals surface area contributed by atoms with Crippen molar-refractivity contribution < 1.29 is 31.5 Å². The van der Waals surface area contributed by atoms with Crippen LogP contribution < -0.4 is 10.1 Å². The summed E-state index contributed by atoms with van der Waals surface area (Å²) in [5.74, 6) is -0.622. The average molecular weight is 323 g/mol. The molecule has 1 aromatic rings. The summed E-state index contributed by atoms with van der Waals surface area (Å²) in [6, 6.07) is 5.57. The van der Waals surface area contributed by atoms with Gasteiger partial charge in [0.2, 0.25) is 5.91 Å². The minimum absolute atomic E-state index is 0.0300. The Labute approximate surface area is 123 Å². The van der Waals surface area contributed by atoms with Crippen LogP contribution >= 0.6 is 0 Å². The lowest BCUT2D eigenvalue weighted by atomic mass is 10.1. The number of hydrogen-bond acceptors (Lipinski definition) is 2. The first-order valence-electron chi connectivity index (χ1n) is 6.58. The number of carbonyl (C=O) groups excluding carboxylic acids is 1. The van der Waals surface area contributed by atoms with Crippen LogP contribution in [0.1, 0.15) is 18.4 Å². The molecule has 0 heterocycles. The van der Waals surface area contributed by atoms with Gasteiger partial charge in [0, 0.05) is 0 Å². The standard InChI is InChI=1S/C14H14F5NO2/c15-12(16)13(4-5-13)20-11(21)7-9-2-1-3-10(6-9)22-8-14(17,18)19/h1-3,6,12H,4-5,7-8H2,(H,20,21). The molecule has 0 aromatic heterocycles. The van der Waals surface area contributed by atoms with Crippen LogP contribution in [0.15, 0.2) is 24.3 Å². The number of alkyl halides is 5. The van der Waals surface area contributed by atoms with Gasteiger partial charge in [-0.05, 0) is 30.5 Å². The fourth-order valence-corrected chi connectivity index (χ4v) is 1.95. The molecule has 3 nitrogen and oxygen atoms in total. The summed E-state index contributed by atoms with van der Waals surface area (Å²) >= 11 is 0. The largest absolute Gasteiger partial charge is 0.484 e. The van der Waals surface area contributed by atoms with Crippen LogP contribution in [0.25, 0.3) is 0 Å². The maximum Gasteiger partial charge on any atom is 0.422 e. The van der Waals surface area contributed by atoms with Crippen molar-refractivity contribution in [1.29, 1.82) is 0 Å². The number of rotatable bonds is 6. The first-order valence-corrected chi connectivity index (χ1v) is 6.58. The molecule has 0 saturated heterocycles. The van der Waals surface area contributed by atoms with Gasteiger partial charge in [-0.3, -0.25) is 4.79 Å². The molecule has 2 rings (SSSR count). The highest BCUT2D eigenvalue weighted by Gasteiger charge is 2.52. The Balaban J connectivity index is 1.91. The number of carbonyl (C=O) groups is 1. The smallest absolute Gasteiger partial charge is 0.422 e. The van der Waals surface area contributed by atoms with E-state index in [1.807, 2.05) is 0 Å². The number of ether oxygens (including phenoxy) is 1. The summed E-state index contributed by atoms with van der Waals surface area (Å²) in [5, 5.41) is 2.28. The van der Waals surface area contributed by atoms with Gasteiger partial charge < -0.3 is 10.1 Å². The molecule has 1 fully saturated rings. The quantitative estimate of drug-likeness (QED) is 0.817. The first kappa shape index (κ1) is 16.5. The lowest BCUT2D eigenvalue weighted by Gasteiger charge is -2.16. The maximum atomic E-state index is 12.7. The molecule has 8 heteroatoms. The Morgan fingerprint density at radius 3 is 2.55 bits per heavy atom. The number of hydrogen-bond donors (Lipinski definition) is 1. The van der Waals surface area contributed by atoms with E-state index in [9.17, 15) is 26.7 Å². The average Bonchev–Trinajstić information content (AvgIpc) is 3.17. The Morgan fingerprint density at radius 2 is 2.00 bits per heavy atom. The Bertz CT molecular complexity index is 540. The molecule has 0 bridgehead atoms. The van der Waals surface area contributed by atoms with Crippen molar-refractivity contribution in [3.63, 3.8) is 0 Å². The van der Waals surface area contributed by atoms with Crippen molar-refractivity contribution in [3.05, 3.63) is 29.8 Å². The van der Waals surface area contributed by atoms with E-state index in [1.54, 1.807) is 0 Å². The predicted molar refractivity (Wildman–Crippen MR) is 67.8 cm³/mol. The Hall–Kier alpha value is -1.86. The summed E-state index contributed by atoms with van der Waals surface area (Å²) in [5.41, 5.74) is -1.04. The summed E-state index contributed by atoms with van der Waals surface area (Å²) in [6.45, 7) is -1.43. The second kappa shape index (κ2) is 6.10.